The molecule has 0 unspecified atom stereocenters. The number of esters is 1. The lowest BCUT2D eigenvalue weighted by Crippen LogP contribution is -2.74. The highest BCUT2D eigenvalue weighted by molar-refractivity contribution is 6.74. The van der Waals surface area contributed by atoms with Gasteiger partial charge in [-0.2, -0.15) is 74.6 Å². The molecule has 3 nitrogen and oxygen atoms in total. The molecule has 43 heavy (non-hydrogen) atoms. The lowest BCUT2D eigenvalue weighted by atomic mass is 9.88. The van der Waals surface area contributed by atoms with Gasteiger partial charge in [-0.25, -0.2) is 0 Å². The van der Waals surface area contributed by atoms with Crippen molar-refractivity contribution in [1.82, 2.24) is 0 Å². The first kappa shape index (κ1) is 39.2. The molecular weight excluding hydrogens is 663 g/mol. The number of ether oxygens (including phenoxy) is 1. The Kier molecular flexibility index (Phi) is 10.2. The lowest BCUT2D eigenvalue weighted by Gasteiger charge is -2.42. The Labute approximate surface area is 233 Å². The summed E-state index contributed by atoms with van der Waals surface area (Å²) in [4.78, 5) is 11.9. The fourth-order valence-corrected chi connectivity index (χ4v) is 4.49. The Morgan fingerprint density at radius 2 is 1.02 bits per heavy atom. The Morgan fingerprint density at radius 1 is 0.651 bits per heavy atom. The Bertz CT molecular complexity index is 1040. The molecule has 0 saturated heterocycles. The molecule has 0 spiro atoms. The maximum absolute atomic E-state index is 14.0. The number of halogens is 17. The quantitative estimate of drug-likeness (QED) is 0.0889. The summed E-state index contributed by atoms with van der Waals surface area (Å²) in [6.07, 6.45) is -12.1. The summed E-state index contributed by atoms with van der Waals surface area (Å²) in [6.45, 7) is 9.28. The monoisotopic (exact) mass is 688 g/mol. The van der Waals surface area contributed by atoms with Gasteiger partial charge in [0.2, 0.25) is 0 Å². The number of hydrogen-bond donors (Lipinski definition) is 0. The molecule has 1 rings (SSSR count). The average molecular weight is 688 g/mol. The first-order valence-electron chi connectivity index (χ1n) is 11.8. The van der Waals surface area contributed by atoms with Crippen molar-refractivity contribution >= 4 is 14.3 Å². The minimum Gasteiger partial charge on any atom is -0.458 e. The van der Waals surface area contributed by atoms with Gasteiger partial charge in [0, 0.05) is 12.8 Å². The van der Waals surface area contributed by atoms with Crippen LogP contribution >= 0.6 is 0 Å². The summed E-state index contributed by atoms with van der Waals surface area (Å²) >= 11 is 0. The number of rotatable bonds is 12. The zero-order chi connectivity index (χ0) is 34.7. The zero-order valence-corrected chi connectivity index (χ0v) is 23.6. The predicted molar refractivity (Wildman–Crippen MR) is 116 cm³/mol. The number of hydrogen-bond acceptors (Lipinski definition) is 3. The van der Waals surface area contributed by atoms with Gasteiger partial charge in [0.25, 0.3) is 0 Å². The van der Waals surface area contributed by atoms with Crippen molar-refractivity contribution in [3.05, 3.63) is 12.2 Å². The standard InChI is InChI=1S/C22H25F17O3Si/c1-14(2,3)43(4,5)42-12-7-6-11(10-12)41-13(40)8-9-15(23,24)16(25,26)17(27,28)18(29,30)19(31,32)20(33,34)21(35,36)22(37,38)39/h6-7,11-12H,8-10H2,1-5H3/t11-,12+/m1/s1. The van der Waals surface area contributed by atoms with E-state index in [1.54, 1.807) is 0 Å². The first-order chi connectivity index (χ1) is 18.6. The van der Waals surface area contributed by atoms with E-state index in [2.05, 4.69) is 4.74 Å². The molecular formula is C22H25F17O3Si. The summed E-state index contributed by atoms with van der Waals surface area (Å²) in [5.74, 6) is -58.8. The number of carbonyl (C=O) groups is 1. The van der Waals surface area contributed by atoms with E-state index >= 15 is 0 Å². The normalized spacial score (nSPS) is 20.5. The maximum atomic E-state index is 14.0. The largest absolute Gasteiger partial charge is 0.460 e. The lowest BCUT2D eigenvalue weighted by molar-refractivity contribution is -0.461. The van der Waals surface area contributed by atoms with E-state index < -0.39 is 87.0 Å². The average Bonchev–Trinajstić information content (AvgIpc) is 3.21. The first-order valence-corrected chi connectivity index (χ1v) is 14.7. The predicted octanol–water partition coefficient (Wildman–Crippen LogP) is 9.04. The van der Waals surface area contributed by atoms with Crippen LogP contribution in [0.15, 0.2) is 12.2 Å². The minimum atomic E-state index is -8.70. The second kappa shape index (κ2) is 11.2. The Balaban J connectivity index is 3.10. The van der Waals surface area contributed by atoms with Gasteiger partial charge in [0.05, 0.1) is 12.5 Å². The van der Waals surface area contributed by atoms with Crippen molar-refractivity contribution in [2.45, 2.75) is 118 Å². The molecule has 2 atom stereocenters. The van der Waals surface area contributed by atoms with Crippen LogP contribution in [0.2, 0.25) is 18.1 Å². The van der Waals surface area contributed by atoms with Gasteiger partial charge in [0.15, 0.2) is 8.32 Å². The van der Waals surface area contributed by atoms with Gasteiger partial charge in [-0.05, 0) is 24.2 Å². The van der Waals surface area contributed by atoms with Crippen LogP contribution in [-0.2, 0) is 14.0 Å². The van der Waals surface area contributed by atoms with E-state index in [0.29, 0.717) is 0 Å². The van der Waals surface area contributed by atoms with Gasteiger partial charge < -0.3 is 9.16 Å². The maximum Gasteiger partial charge on any atom is 0.460 e. The van der Waals surface area contributed by atoms with Crippen molar-refractivity contribution in [2.75, 3.05) is 0 Å². The molecule has 0 aromatic heterocycles. The molecule has 0 aromatic carbocycles. The highest BCUT2D eigenvalue weighted by Crippen LogP contribution is 2.64. The van der Waals surface area contributed by atoms with E-state index in [9.17, 15) is 79.4 Å². The second-order valence-electron chi connectivity index (χ2n) is 11.2. The van der Waals surface area contributed by atoms with Gasteiger partial charge in [0.1, 0.15) is 6.10 Å². The zero-order valence-electron chi connectivity index (χ0n) is 22.6. The Morgan fingerprint density at radius 3 is 1.42 bits per heavy atom. The number of alkyl halides is 17. The van der Waals surface area contributed by atoms with E-state index in [1.807, 2.05) is 33.9 Å². The van der Waals surface area contributed by atoms with Gasteiger partial charge in [-0.15, -0.1) is 0 Å². The molecule has 1 aliphatic carbocycles. The summed E-state index contributed by atoms with van der Waals surface area (Å²) < 4.78 is 237. The molecule has 1 aliphatic rings. The van der Waals surface area contributed by atoms with E-state index in [4.69, 9.17) is 4.43 Å². The van der Waals surface area contributed by atoms with Crippen LogP contribution in [0.5, 0.6) is 0 Å². The smallest absolute Gasteiger partial charge is 0.458 e. The molecule has 0 saturated carbocycles. The topological polar surface area (TPSA) is 35.5 Å². The third-order valence-corrected chi connectivity index (χ3v) is 11.5. The van der Waals surface area contributed by atoms with E-state index in [1.165, 1.54) is 12.2 Å². The molecule has 254 valence electrons. The molecule has 0 radical (unpaired) electrons. The SMILES string of the molecule is CC(C)(C)[Si](C)(C)O[C@H]1C=C[C@@H](OC(=O)CCC(F)(F)C(F)(F)C(F)(F)C(F)(F)C(F)(F)C(F)(F)C(F)(F)C(F)(F)F)C1. The van der Waals surface area contributed by atoms with Crippen LogP contribution in [0.3, 0.4) is 0 Å². The molecule has 0 aromatic rings. The van der Waals surface area contributed by atoms with Crippen LogP contribution in [-0.4, -0.2) is 74.1 Å². The highest BCUT2D eigenvalue weighted by atomic mass is 28.4. The molecule has 0 heterocycles. The summed E-state index contributed by atoms with van der Waals surface area (Å²) in [5.41, 5.74) is 0. The molecule has 0 fully saturated rings. The summed E-state index contributed by atoms with van der Waals surface area (Å²) in [5, 5.41) is -0.287. The fourth-order valence-electron chi connectivity index (χ4n) is 3.20. The van der Waals surface area contributed by atoms with Crippen LogP contribution in [0.1, 0.15) is 40.0 Å². The molecule has 0 N–H and O–H groups in total. The van der Waals surface area contributed by atoms with Gasteiger partial charge >= 0.3 is 53.6 Å². The van der Waals surface area contributed by atoms with Crippen LogP contribution in [0.25, 0.3) is 0 Å². The third-order valence-electron chi connectivity index (χ3n) is 6.97. The van der Waals surface area contributed by atoms with Crippen molar-refractivity contribution < 1.29 is 88.6 Å². The van der Waals surface area contributed by atoms with Crippen molar-refractivity contribution in [2.24, 2.45) is 0 Å². The highest BCUT2D eigenvalue weighted by Gasteiger charge is 2.95. The molecule has 0 amide bonds. The molecule has 21 heteroatoms. The van der Waals surface area contributed by atoms with Crippen molar-refractivity contribution in [1.29, 1.82) is 0 Å². The summed E-state index contributed by atoms with van der Waals surface area (Å²) in [6, 6.07) is 0. The van der Waals surface area contributed by atoms with Gasteiger partial charge in [-0.1, -0.05) is 26.8 Å². The van der Waals surface area contributed by atoms with E-state index in [-0.39, 0.29) is 11.5 Å². The fraction of sp³-hybridized carbons (Fsp3) is 0.864. The minimum absolute atomic E-state index is 0.124. The molecule has 0 aliphatic heterocycles. The van der Waals surface area contributed by atoms with Crippen molar-refractivity contribution in [3.8, 4) is 0 Å². The van der Waals surface area contributed by atoms with Gasteiger partial charge in [-0.3, -0.25) is 4.79 Å². The molecule has 0 bridgehead atoms. The van der Waals surface area contributed by atoms with Crippen LogP contribution < -0.4 is 0 Å². The second-order valence-corrected chi connectivity index (χ2v) is 16.0. The third kappa shape index (κ3) is 6.61. The van der Waals surface area contributed by atoms with E-state index in [0.717, 1.165) is 0 Å². The van der Waals surface area contributed by atoms with Crippen LogP contribution in [0, 0.1) is 0 Å². The summed E-state index contributed by atoms with van der Waals surface area (Å²) in [7, 11) is -2.38. The Hall–Kier alpha value is -1.80. The number of carbonyl (C=O) groups excluding carboxylic acids is 1. The van der Waals surface area contributed by atoms with Crippen molar-refractivity contribution in [3.63, 3.8) is 0 Å². The van der Waals surface area contributed by atoms with Crippen LogP contribution in [0.4, 0.5) is 74.6 Å².